The molecule has 0 aliphatic rings. The van der Waals surface area contributed by atoms with E-state index in [4.69, 9.17) is 27.9 Å². The van der Waals surface area contributed by atoms with Crippen LogP contribution >= 0.6 is 35.0 Å². The van der Waals surface area contributed by atoms with Crippen molar-refractivity contribution >= 4 is 40.9 Å². The van der Waals surface area contributed by atoms with Crippen LogP contribution in [0.5, 0.6) is 0 Å². The van der Waals surface area contributed by atoms with E-state index in [1.807, 2.05) is 36.4 Å². The molecule has 0 heterocycles. The maximum absolute atomic E-state index is 13.7. The molecule has 0 saturated heterocycles. The zero-order valence-corrected chi connectivity index (χ0v) is 16.5. The number of hydrogen-bond acceptors (Lipinski definition) is 3. The minimum atomic E-state index is -0.522. The second-order valence-corrected chi connectivity index (χ2v) is 7.61. The molecule has 6 heteroatoms. The Bertz CT molecular complexity index is 908. The van der Waals surface area contributed by atoms with Crippen molar-refractivity contribution in [2.24, 2.45) is 0 Å². The van der Waals surface area contributed by atoms with Gasteiger partial charge in [0.05, 0.1) is 10.6 Å². The summed E-state index contributed by atoms with van der Waals surface area (Å²) in [7, 11) is 0. The minimum absolute atomic E-state index is 0.170. The van der Waals surface area contributed by atoms with Gasteiger partial charge in [-0.05, 0) is 54.1 Å². The number of ether oxygens (including phenoxy) is 1. The summed E-state index contributed by atoms with van der Waals surface area (Å²) < 4.78 is 18.9. The van der Waals surface area contributed by atoms with E-state index in [0.29, 0.717) is 10.6 Å². The van der Waals surface area contributed by atoms with Gasteiger partial charge in [-0.25, -0.2) is 9.18 Å². The fourth-order valence-electron chi connectivity index (χ4n) is 2.33. The van der Waals surface area contributed by atoms with Gasteiger partial charge < -0.3 is 4.74 Å². The van der Waals surface area contributed by atoms with Gasteiger partial charge in [0.1, 0.15) is 12.4 Å². The summed E-state index contributed by atoms with van der Waals surface area (Å²) in [4.78, 5) is 13.3. The SMILES string of the molecule is O=C(OCc1c(F)cccc1Cl)c1ccc(CSc2ccc(Cl)cc2)cc1. The fraction of sp³-hybridized carbons (Fsp3) is 0.0952. The Morgan fingerprint density at radius 3 is 2.33 bits per heavy atom. The molecule has 0 saturated carbocycles. The number of carbonyl (C=O) groups is 1. The van der Waals surface area contributed by atoms with Gasteiger partial charge in [-0.1, -0.05) is 41.4 Å². The van der Waals surface area contributed by atoms with E-state index in [1.165, 1.54) is 12.1 Å². The molecule has 3 aromatic carbocycles. The smallest absolute Gasteiger partial charge is 0.338 e. The maximum Gasteiger partial charge on any atom is 0.338 e. The van der Waals surface area contributed by atoms with E-state index in [0.717, 1.165) is 16.2 Å². The Morgan fingerprint density at radius 1 is 0.963 bits per heavy atom. The first kappa shape index (κ1) is 19.7. The number of thioether (sulfide) groups is 1. The zero-order valence-electron chi connectivity index (χ0n) is 14.1. The molecule has 0 atom stereocenters. The van der Waals surface area contributed by atoms with Crippen molar-refractivity contribution in [1.29, 1.82) is 0 Å². The van der Waals surface area contributed by atoms with Crippen LogP contribution in [0.15, 0.2) is 71.6 Å². The summed E-state index contributed by atoms with van der Waals surface area (Å²) in [6, 6.07) is 19.1. The molecule has 0 N–H and O–H groups in total. The lowest BCUT2D eigenvalue weighted by Gasteiger charge is -2.08. The van der Waals surface area contributed by atoms with Crippen molar-refractivity contribution in [3.8, 4) is 0 Å². The van der Waals surface area contributed by atoms with Crippen LogP contribution in [0, 0.1) is 5.82 Å². The Balaban J connectivity index is 1.56. The van der Waals surface area contributed by atoms with Crippen LogP contribution in [-0.4, -0.2) is 5.97 Å². The maximum atomic E-state index is 13.7. The minimum Gasteiger partial charge on any atom is -0.457 e. The largest absolute Gasteiger partial charge is 0.457 e. The predicted molar refractivity (Wildman–Crippen MR) is 108 cm³/mol. The van der Waals surface area contributed by atoms with Gasteiger partial charge in [-0.2, -0.15) is 0 Å². The molecule has 0 fully saturated rings. The molecule has 3 rings (SSSR count). The van der Waals surface area contributed by atoms with Crippen LogP contribution in [0.1, 0.15) is 21.5 Å². The van der Waals surface area contributed by atoms with Crippen molar-refractivity contribution < 1.29 is 13.9 Å². The number of carbonyl (C=O) groups excluding carboxylic acids is 1. The van der Waals surface area contributed by atoms with Crippen LogP contribution in [0.4, 0.5) is 4.39 Å². The monoisotopic (exact) mass is 420 g/mol. The summed E-state index contributed by atoms with van der Waals surface area (Å²) in [5.74, 6) is -0.252. The molecule has 2 nitrogen and oxygen atoms in total. The van der Waals surface area contributed by atoms with E-state index in [9.17, 15) is 9.18 Å². The van der Waals surface area contributed by atoms with Gasteiger partial charge >= 0.3 is 5.97 Å². The van der Waals surface area contributed by atoms with E-state index >= 15 is 0 Å². The molecule has 0 radical (unpaired) electrons. The number of halogens is 3. The van der Waals surface area contributed by atoms with Crippen molar-refractivity contribution in [3.05, 3.63) is 99.3 Å². The van der Waals surface area contributed by atoms with Gasteiger partial charge in [-0.3, -0.25) is 0 Å². The molecule has 0 aliphatic carbocycles. The summed E-state index contributed by atoms with van der Waals surface area (Å²) in [5, 5.41) is 0.941. The van der Waals surface area contributed by atoms with Crippen LogP contribution in [0.2, 0.25) is 10.0 Å². The summed E-state index contributed by atoms with van der Waals surface area (Å²) >= 11 is 13.5. The summed E-state index contributed by atoms with van der Waals surface area (Å²) in [5.41, 5.74) is 1.65. The molecular weight excluding hydrogens is 406 g/mol. The molecule has 0 unspecified atom stereocenters. The second kappa shape index (κ2) is 9.27. The van der Waals surface area contributed by atoms with Gasteiger partial charge in [-0.15, -0.1) is 11.8 Å². The van der Waals surface area contributed by atoms with Crippen molar-refractivity contribution in [2.75, 3.05) is 0 Å². The average Bonchev–Trinajstić information content (AvgIpc) is 2.67. The van der Waals surface area contributed by atoms with Crippen LogP contribution < -0.4 is 0 Å². The average molecular weight is 421 g/mol. The number of rotatable bonds is 6. The van der Waals surface area contributed by atoms with Crippen molar-refractivity contribution in [1.82, 2.24) is 0 Å². The molecule has 0 bridgehead atoms. The molecule has 0 aliphatic heterocycles. The van der Waals surface area contributed by atoms with E-state index < -0.39 is 11.8 Å². The van der Waals surface area contributed by atoms with Crippen LogP contribution in [-0.2, 0) is 17.1 Å². The lowest BCUT2D eigenvalue weighted by atomic mass is 10.1. The van der Waals surface area contributed by atoms with Gasteiger partial charge in [0.15, 0.2) is 0 Å². The van der Waals surface area contributed by atoms with Gasteiger partial charge in [0, 0.05) is 21.2 Å². The third-order valence-corrected chi connectivity index (χ3v) is 5.51. The summed E-state index contributed by atoms with van der Waals surface area (Å²) in [6.45, 7) is -0.210. The highest BCUT2D eigenvalue weighted by Gasteiger charge is 2.12. The van der Waals surface area contributed by atoms with E-state index in [1.54, 1.807) is 30.0 Å². The van der Waals surface area contributed by atoms with Crippen LogP contribution in [0.3, 0.4) is 0 Å². The highest BCUT2D eigenvalue weighted by atomic mass is 35.5. The Hall–Kier alpha value is -2.01. The Morgan fingerprint density at radius 2 is 1.67 bits per heavy atom. The standard InChI is InChI=1S/C21H15Cl2FO2S/c22-16-8-10-17(11-9-16)27-13-14-4-6-15(7-5-14)21(25)26-12-18-19(23)2-1-3-20(18)24/h1-11H,12-13H2. The fourth-order valence-corrected chi connectivity index (χ4v) is 3.52. The third kappa shape index (κ3) is 5.48. The first-order valence-corrected chi connectivity index (χ1v) is 9.84. The van der Waals surface area contributed by atoms with E-state index in [-0.39, 0.29) is 17.2 Å². The molecule has 0 aromatic heterocycles. The number of benzene rings is 3. The third-order valence-electron chi connectivity index (χ3n) is 3.82. The quantitative estimate of drug-likeness (QED) is 0.324. The Labute approximate surface area is 171 Å². The highest BCUT2D eigenvalue weighted by molar-refractivity contribution is 7.98. The second-order valence-electron chi connectivity index (χ2n) is 5.72. The lowest BCUT2D eigenvalue weighted by molar-refractivity contribution is 0.0469. The molecule has 0 amide bonds. The van der Waals surface area contributed by atoms with Crippen molar-refractivity contribution in [2.45, 2.75) is 17.3 Å². The first-order valence-electron chi connectivity index (χ1n) is 8.10. The van der Waals surface area contributed by atoms with E-state index in [2.05, 4.69) is 0 Å². The number of hydrogen-bond donors (Lipinski definition) is 0. The molecular formula is C21H15Cl2FO2S. The number of esters is 1. The van der Waals surface area contributed by atoms with Crippen molar-refractivity contribution in [3.63, 3.8) is 0 Å². The molecule has 3 aromatic rings. The van der Waals surface area contributed by atoms with Crippen LogP contribution in [0.25, 0.3) is 0 Å². The molecule has 27 heavy (non-hydrogen) atoms. The predicted octanol–water partition coefficient (Wildman–Crippen LogP) is 6.78. The van der Waals surface area contributed by atoms with Gasteiger partial charge in [0.25, 0.3) is 0 Å². The summed E-state index contributed by atoms with van der Waals surface area (Å²) in [6.07, 6.45) is 0. The molecule has 138 valence electrons. The lowest BCUT2D eigenvalue weighted by Crippen LogP contribution is -2.06. The molecule has 0 spiro atoms. The Kier molecular flexibility index (Phi) is 6.78. The highest BCUT2D eigenvalue weighted by Crippen LogP contribution is 2.25. The van der Waals surface area contributed by atoms with Gasteiger partial charge in [0.2, 0.25) is 0 Å². The normalized spacial score (nSPS) is 10.6. The first-order chi connectivity index (χ1) is 13.0. The topological polar surface area (TPSA) is 26.3 Å². The zero-order chi connectivity index (χ0) is 19.2.